The minimum atomic E-state index is -0.141. The number of likely N-dealkylation sites (N-methyl/N-ethyl adjacent to an activating group) is 1. The quantitative estimate of drug-likeness (QED) is 0.725. The van der Waals surface area contributed by atoms with Crippen LogP contribution in [-0.2, 0) is 9.59 Å². The summed E-state index contributed by atoms with van der Waals surface area (Å²) in [6, 6.07) is 5.40. The average Bonchev–Trinajstić information content (AvgIpc) is 2.63. The SMILES string of the molecule is CCN(CC(=O)NCC1CCCCC1)CC(=O)Nc1cc(Cl)ccc1C. The Labute approximate surface area is 161 Å². The van der Waals surface area contributed by atoms with Crippen molar-refractivity contribution in [1.29, 1.82) is 0 Å². The van der Waals surface area contributed by atoms with E-state index in [1.807, 2.05) is 24.8 Å². The fourth-order valence-electron chi connectivity index (χ4n) is 3.31. The van der Waals surface area contributed by atoms with Gasteiger partial charge in [-0.15, -0.1) is 0 Å². The van der Waals surface area contributed by atoms with Gasteiger partial charge in [-0.1, -0.05) is 43.9 Å². The van der Waals surface area contributed by atoms with Gasteiger partial charge in [0.25, 0.3) is 0 Å². The third-order valence-corrected chi connectivity index (χ3v) is 5.20. The van der Waals surface area contributed by atoms with Crippen molar-refractivity contribution in [2.75, 3.05) is 31.5 Å². The predicted molar refractivity (Wildman–Crippen MR) is 107 cm³/mol. The third kappa shape index (κ3) is 6.96. The standard InChI is InChI=1S/C20H30ClN3O2/c1-3-24(13-19(25)22-12-16-7-5-4-6-8-16)14-20(26)23-18-11-17(21)10-9-15(18)2/h9-11,16H,3-8,12-14H2,1-2H3,(H,22,25)(H,23,26). The number of carbonyl (C=O) groups is 2. The number of aryl methyl sites for hydroxylation is 1. The fourth-order valence-corrected chi connectivity index (χ4v) is 3.48. The molecule has 0 aliphatic heterocycles. The number of amides is 2. The zero-order chi connectivity index (χ0) is 18.9. The molecule has 1 fully saturated rings. The van der Waals surface area contributed by atoms with E-state index in [-0.39, 0.29) is 24.9 Å². The summed E-state index contributed by atoms with van der Waals surface area (Å²) in [5.74, 6) is 0.457. The van der Waals surface area contributed by atoms with Crippen LogP contribution in [-0.4, -0.2) is 42.9 Å². The molecule has 0 radical (unpaired) electrons. The molecule has 5 nitrogen and oxygen atoms in total. The molecule has 0 atom stereocenters. The molecule has 0 unspecified atom stereocenters. The second kappa shape index (κ2) is 10.5. The Morgan fingerprint density at radius 3 is 2.54 bits per heavy atom. The van der Waals surface area contributed by atoms with Crippen LogP contribution in [0.15, 0.2) is 18.2 Å². The van der Waals surface area contributed by atoms with E-state index in [0.717, 1.165) is 12.1 Å². The number of hydrogen-bond donors (Lipinski definition) is 2. The number of anilines is 1. The highest BCUT2D eigenvalue weighted by Gasteiger charge is 2.17. The van der Waals surface area contributed by atoms with E-state index in [0.29, 0.717) is 23.2 Å². The lowest BCUT2D eigenvalue weighted by Crippen LogP contribution is -2.42. The molecule has 0 saturated heterocycles. The van der Waals surface area contributed by atoms with Crippen LogP contribution in [0.1, 0.15) is 44.6 Å². The molecule has 2 N–H and O–H groups in total. The summed E-state index contributed by atoms with van der Waals surface area (Å²) in [5, 5.41) is 6.49. The highest BCUT2D eigenvalue weighted by molar-refractivity contribution is 6.31. The van der Waals surface area contributed by atoms with Crippen molar-refractivity contribution in [2.45, 2.75) is 46.0 Å². The first-order chi connectivity index (χ1) is 12.5. The van der Waals surface area contributed by atoms with E-state index in [9.17, 15) is 9.59 Å². The van der Waals surface area contributed by atoms with Gasteiger partial charge in [-0.25, -0.2) is 0 Å². The van der Waals surface area contributed by atoms with Gasteiger partial charge in [-0.3, -0.25) is 14.5 Å². The minimum Gasteiger partial charge on any atom is -0.355 e. The van der Waals surface area contributed by atoms with E-state index in [1.54, 1.807) is 12.1 Å². The maximum Gasteiger partial charge on any atom is 0.238 e. The van der Waals surface area contributed by atoms with Crippen LogP contribution in [0.4, 0.5) is 5.69 Å². The van der Waals surface area contributed by atoms with Crippen LogP contribution in [0.2, 0.25) is 5.02 Å². The molecule has 2 rings (SSSR count). The van der Waals surface area contributed by atoms with Crippen LogP contribution in [0.5, 0.6) is 0 Å². The van der Waals surface area contributed by atoms with Gasteiger partial charge in [0, 0.05) is 17.3 Å². The molecule has 0 spiro atoms. The highest BCUT2D eigenvalue weighted by atomic mass is 35.5. The van der Waals surface area contributed by atoms with Gasteiger partial charge >= 0.3 is 0 Å². The van der Waals surface area contributed by atoms with Gasteiger partial charge in [-0.05, 0) is 49.9 Å². The predicted octanol–water partition coefficient (Wildman–Crippen LogP) is 3.61. The van der Waals surface area contributed by atoms with Gasteiger partial charge in [0.15, 0.2) is 0 Å². The van der Waals surface area contributed by atoms with Gasteiger partial charge in [-0.2, -0.15) is 0 Å². The number of benzene rings is 1. The molecule has 2 amide bonds. The second-order valence-electron chi connectivity index (χ2n) is 7.12. The van der Waals surface area contributed by atoms with Crippen molar-refractivity contribution in [2.24, 2.45) is 5.92 Å². The summed E-state index contributed by atoms with van der Waals surface area (Å²) in [4.78, 5) is 26.3. The summed E-state index contributed by atoms with van der Waals surface area (Å²) < 4.78 is 0. The summed E-state index contributed by atoms with van der Waals surface area (Å²) in [7, 11) is 0. The maximum absolute atomic E-state index is 12.3. The molecule has 1 aromatic carbocycles. The smallest absolute Gasteiger partial charge is 0.238 e. The second-order valence-corrected chi connectivity index (χ2v) is 7.56. The number of rotatable bonds is 8. The number of nitrogens with zero attached hydrogens (tertiary/aromatic N) is 1. The summed E-state index contributed by atoms with van der Waals surface area (Å²) in [5.41, 5.74) is 1.66. The summed E-state index contributed by atoms with van der Waals surface area (Å²) >= 11 is 5.99. The lowest BCUT2D eigenvalue weighted by atomic mass is 9.89. The Hall–Kier alpha value is -1.59. The highest BCUT2D eigenvalue weighted by Crippen LogP contribution is 2.22. The molecule has 1 aliphatic carbocycles. The van der Waals surface area contributed by atoms with Crippen LogP contribution in [0.3, 0.4) is 0 Å². The normalized spacial score (nSPS) is 15.1. The maximum atomic E-state index is 12.3. The van der Waals surface area contributed by atoms with Crippen molar-refractivity contribution >= 4 is 29.1 Å². The Kier molecular flexibility index (Phi) is 8.39. The number of carbonyl (C=O) groups excluding carboxylic acids is 2. The van der Waals surface area contributed by atoms with Crippen molar-refractivity contribution in [3.63, 3.8) is 0 Å². The molecule has 0 aromatic heterocycles. The van der Waals surface area contributed by atoms with E-state index in [4.69, 9.17) is 11.6 Å². The molecule has 1 saturated carbocycles. The monoisotopic (exact) mass is 379 g/mol. The van der Waals surface area contributed by atoms with Crippen LogP contribution in [0.25, 0.3) is 0 Å². The topological polar surface area (TPSA) is 61.4 Å². The zero-order valence-corrected chi connectivity index (χ0v) is 16.6. The lowest BCUT2D eigenvalue weighted by molar-refractivity contribution is -0.123. The van der Waals surface area contributed by atoms with Gasteiger partial charge in [0.05, 0.1) is 13.1 Å². The van der Waals surface area contributed by atoms with Crippen LogP contribution >= 0.6 is 11.6 Å². The summed E-state index contributed by atoms with van der Waals surface area (Å²) in [6.07, 6.45) is 6.27. The molecule has 26 heavy (non-hydrogen) atoms. The van der Waals surface area contributed by atoms with Gasteiger partial charge in [0.1, 0.15) is 0 Å². The Bertz CT molecular complexity index is 615. The number of nitrogens with one attached hydrogen (secondary N) is 2. The van der Waals surface area contributed by atoms with Crippen molar-refractivity contribution in [3.8, 4) is 0 Å². The molecular formula is C20H30ClN3O2. The zero-order valence-electron chi connectivity index (χ0n) is 15.8. The van der Waals surface area contributed by atoms with E-state index in [2.05, 4.69) is 10.6 Å². The van der Waals surface area contributed by atoms with Crippen molar-refractivity contribution < 1.29 is 9.59 Å². The van der Waals surface area contributed by atoms with Crippen molar-refractivity contribution in [3.05, 3.63) is 28.8 Å². The first kappa shape index (κ1) is 20.7. The average molecular weight is 380 g/mol. The Morgan fingerprint density at radius 2 is 1.85 bits per heavy atom. The van der Waals surface area contributed by atoms with Crippen molar-refractivity contribution in [1.82, 2.24) is 10.2 Å². The molecule has 1 aliphatic rings. The minimum absolute atomic E-state index is 0.0100. The molecule has 1 aromatic rings. The Morgan fingerprint density at radius 1 is 1.15 bits per heavy atom. The molecule has 0 bridgehead atoms. The third-order valence-electron chi connectivity index (χ3n) is 4.97. The van der Waals surface area contributed by atoms with Crippen LogP contribution < -0.4 is 10.6 Å². The molecular weight excluding hydrogens is 350 g/mol. The molecule has 0 heterocycles. The Balaban J connectivity index is 1.77. The van der Waals surface area contributed by atoms with E-state index in [1.165, 1.54) is 32.1 Å². The molecule has 144 valence electrons. The van der Waals surface area contributed by atoms with E-state index < -0.39 is 0 Å². The first-order valence-corrected chi connectivity index (χ1v) is 9.90. The fraction of sp³-hybridized carbons (Fsp3) is 0.600. The molecule has 6 heteroatoms. The number of halogens is 1. The van der Waals surface area contributed by atoms with Crippen LogP contribution in [0, 0.1) is 12.8 Å². The lowest BCUT2D eigenvalue weighted by Gasteiger charge is -2.23. The van der Waals surface area contributed by atoms with E-state index >= 15 is 0 Å². The number of hydrogen-bond acceptors (Lipinski definition) is 3. The summed E-state index contributed by atoms with van der Waals surface area (Å²) in [6.45, 7) is 5.68. The van der Waals surface area contributed by atoms with Gasteiger partial charge < -0.3 is 10.6 Å². The first-order valence-electron chi connectivity index (χ1n) is 9.53. The largest absolute Gasteiger partial charge is 0.355 e. The van der Waals surface area contributed by atoms with Gasteiger partial charge in [0.2, 0.25) is 11.8 Å².